The molecule has 3 amide bonds. The fourth-order valence-corrected chi connectivity index (χ4v) is 2.50. The third-order valence-electron chi connectivity index (χ3n) is 4.14. The number of carbonyl (C=O) groups excluding carboxylic acids is 2. The molecule has 0 bridgehead atoms. The van der Waals surface area contributed by atoms with Crippen LogP contribution in [-0.4, -0.2) is 55.6 Å². The highest BCUT2D eigenvalue weighted by Gasteiger charge is 2.21. The normalized spacial score (nSPS) is 15.9. The molecular formula is C17H26N4O2. The molecule has 0 saturated carbocycles. The van der Waals surface area contributed by atoms with Crippen LogP contribution in [0.5, 0.6) is 0 Å². The van der Waals surface area contributed by atoms with Crippen LogP contribution in [-0.2, 0) is 4.79 Å². The Morgan fingerprint density at radius 2 is 1.78 bits per heavy atom. The molecule has 2 rings (SSSR count). The van der Waals surface area contributed by atoms with Crippen molar-refractivity contribution in [1.29, 1.82) is 0 Å². The Labute approximate surface area is 137 Å². The minimum atomic E-state index is -0.282. The summed E-state index contributed by atoms with van der Waals surface area (Å²) in [4.78, 5) is 27.9. The van der Waals surface area contributed by atoms with E-state index in [1.807, 2.05) is 36.9 Å². The highest BCUT2D eigenvalue weighted by Crippen LogP contribution is 2.15. The summed E-state index contributed by atoms with van der Waals surface area (Å²) in [6.07, 6.45) is 0.864. The van der Waals surface area contributed by atoms with Crippen LogP contribution in [0.2, 0.25) is 0 Å². The Bertz CT molecular complexity index is 513. The molecule has 6 nitrogen and oxygen atoms in total. The van der Waals surface area contributed by atoms with Gasteiger partial charge < -0.3 is 20.4 Å². The first kappa shape index (κ1) is 17.1. The van der Waals surface area contributed by atoms with E-state index in [-0.39, 0.29) is 24.5 Å². The van der Waals surface area contributed by atoms with Crippen LogP contribution in [0.1, 0.15) is 20.3 Å². The van der Waals surface area contributed by atoms with Gasteiger partial charge in [0.25, 0.3) is 0 Å². The highest BCUT2D eigenvalue weighted by molar-refractivity contribution is 5.84. The molecule has 1 aromatic rings. The van der Waals surface area contributed by atoms with Crippen molar-refractivity contribution in [3.63, 3.8) is 0 Å². The van der Waals surface area contributed by atoms with E-state index in [4.69, 9.17) is 0 Å². The Morgan fingerprint density at radius 3 is 2.39 bits per heavy atom. The van der Waals surface area contributed by atoms with Crippen molar-refractivity contribution in [3.8, 4) is 0 Å². The molecule has 1 fully saturated rings. The van der Waals surface area contributed by atoms with Gasteiger partial charge in [0.05, 0.1) is 6.54 Å². The third-order valence-corrected chi connectivity index (χ3v) is 4.14. The van der Waals surface area contributed by atoms with E-state index in [0.717, 1.165) is 19.5 Å². The van der Waals surface area contributed by atoms with Gasteiger partial charge in [-0.05, 0) is 25.5 Å². The first-order chi connectivity index (χ1) is 11.1. The number of anilines is 1. The summed E-state index contributed by atoms with van der Waals surface area (Å²) < 4.78 is 0. The number of nitrogens with one attached hydrogen (secondary N) is 2. The second-order valence-corrected chi connectivity index (χ2v) is 5.84. The molecule has 1 aromatic carbocycles. The number of hydrogen-bond acceptors (Lipinski definition) is 3. The predicted octanol–water partition coefficient (Wildman–Crippen LogP) is 1.43. The van der Waals surface area contributed by atoms with Crippen LogP contribution in [0.4, 0.5) is 10.5 Å². The van der Waals surface area contributed by atoms with E-state index >= 15 is 0 Å². The predicted molar refractivity (Wildman–Crippen MR) is 91.5 cm³/mol. The lowest BCUT2D eigenvalue weighted by molar-refractivity contribution is -0.130. The Hall–Kier alpha value is -2.24. The van der Waals surface area contributed by atoms with Crippen molar-refractivity contribution >= 4 is 17.6 Å². The molecule has 1 aliphatic rings. The number of rotatable bonds is 5. The maximum absolute atomic E-state index is 12.2. The largest absolute Gasteiger partial charge is 0.368 e. The van der Waals surface area contributed by atoms with Crippen LogP contribution < -0.4 is 15.5 Å². The van der Waals surface area contributed by atoms with Crippen molar-refractivity contribution in [1.82, 2.24) is 15.5 Å². The van der Waals surface area contributed by atoms with Gasteiger partial charge in [-0.15, -0.1) is 0 Å². The van der Waals surface area contributed by atoms with Crippen molar-refractivity contribution in [2.75, 3.05) is 37.6 Å². The van der Waals surface area contributed by atoms with Crippen molar-refractivity contribution in [2.45, 2.75) is 26.3 Å². The van der Waals surface area contributed by atoms with Crippen LogP contribution in [0, 0.1) is 0 Å². The molecule has 0 radical (unpaired) electrons. The summed E-state index contributed by atoms with van der Waals surface area (Å²) in [6.45, 7) is 6.98. The van der Waals surface area contributed by atoms with Crippen LogP contribution in [0.3, 0.4) is 0 Å². The topological polar surface area (TPSA) is 64.7 Å². The van der Waals surface area contributed by atoms with Crippen molar-refractivity contribution < 1.29 is 9.59 Å². The monoisotopic (exact) mass is 318 g/mol. The zero-order valence-electron chi connectivity index (χ0n) is 13.9. The molecule has 126 valence electrons. The summed E-state index contributed by atoms with van der Waals surface area (Å²) in [6, 6.07) is 10.0. The van der Waals surface area contributed by atoms with E-state index in [1.165, 1.54) is 5.69 Å². The second-order valence-electron chi connectivity index (χ2n) is 5.84. The zero-order chi connectivity index (χ0) is 16.7. The van der Waals surface area contributed by atoms with E-state index in [1.54, 1.807) is 0 Å². The zero-order valence-corrected chi connectivity index (χ0v) is 13.9. The maximum Gasteiger partial charge on any atom is 0.315 e. The smallest absolute Gasteiger partial charge is 0.315 e. The molecule has 2 N–H and O–H groups in total. The average molecular weight is 318 g/mol. The molecule has 1 heterocycles. The fourth-order valence-electron chi connectivity index (χ4n) is 2.50. The van der Waals surface area contributed by atoms with Gasteiger partial charge in [0.1, 0.15) is 0 Å². The van der Waals surface area contributed by atoms with Crippen molar-refractivity contribution in [2.24, 2.45) is 0 Å². The molecule has 1 aliphatic heterocycles. The summed E-state index contributed by atoms with van der Waals surface area (Å²) in [5.41, 5.74) is 1.19. The molecule has 0 aliphatic carbocycles. The molecule has 1 saturated heterocycles. The van der Waals surface area contributed by atoms with Gasteiger partial charge in [-0.25, -0.2) is 4.79 Å². The number of hydrogen-bond donors (Lipinski definition) is 2. The van der Waals surface area contributed by atoms with E-state index in [9.17, 15) is 9.59 Å². The quantitative estimate of drug-likeness (QED) is 0.863. The third kappa shape index (κ3) is 5.16. The number of piperazine rings is 1. The van der Waals surface area contributed by atoms with E-state index < -0.39 is 0 Å². The lowest BCUT2D eigenvalue weighted by Crippen LogP contribution is -2.52. The fraction of sp³-hybridized carbons (Fsp3) is 0.529. The average Bonchev–Trinajstić information content (AvgIpc) is 2.60. The molecule has 1 atom stereocenters. The minimum absolute atomic E-state index is 0.0305. The first-order valence-electron chi connectivity index (χ1n) is 8.22. The van der Waals surface area contributed by atoms with Gasteiger partial charge in [-0.1, -0.05) is 25.1 Å². The second kappa shape index (κ2) is 8.41. The van der Waals surface area contributed by atoms with Gasteiger partial charge in [-0.2, -0.15) is 0 Å². The number of carbonyl (C=O) groups is 2. The van der Waals surface area contributed by atoms with Gasteiger partial charge in [-0.3, -0.25) is 4.79 Å². The number of para-hydroxylation sites is 1. The number of urea groups is 1. The molecule has 23 heavy (non-hydrogen) atoms. The Balaban J connectivity index is 1.72. The van der Waals surface area contributed by atoms with Crippen LogP contribution in [0.25, 0.3) is 0 Å². The lowest BCUT2D eigenvalue weighted by Gasteiger charge is -2.36. The maximum atomic E-state index is 12.2. The highest BCUT2D eigenvalue weighted by atomic mass is 16.2. The number of amides is 3. The van der Waals surface area contributed by atoms with E-state index in [2.05, 4.69) is 27.7 Å². The number of benzene rings is 1. The molecule has 0 spiro atoms. The van der Waals surface area contributed by atoms with Gasteiger partial charge in [0.2, 0.25) is 5.91 Å². The summed E-state index contributed by atoms with van der Waals surface area (Å²) >= 11 is 0. The van der Waals surface area contributed by atoms with Crippen molar-refractivity contribution in [3.05, 3.63) is 30.3 Å². The molecule has 0 unspecified atom stereocenters. The van der Waals surface area contributed by atoms with E-state index in [0.29, 0.717) is 13.1 Å². The summed E-state index contributed by atoms with van der Waals surface area (Å²) in [7, 11) is 0. The lowest BCUT2D eigenvalue weighted by atomic mass is 10.2. The molecule has 0 aromatic heterocycles. The SMILES string of the molecule is CC[C@H](C)NC(=O)NCC(=O)N1CCN(c2ccccc2)CC1. The van der Waals surface area contributed by atoms with Gasteiger partial charge >= 0.3 is 6.03 Å². The van der Waals surface area contributed by atoms with Crippen LogP contribution >= 0.6 is 0 Å². The number of nitrogens with zero attached hydrogens (tertiary/aromatic N) is 2. The minimum Gasteiger partial charge on any atom is -0.368 e. The molecule has 6 heteroatoms. The summed E-state index contributed by atoms with van der Waals surface area (Å²) in [5, 5.41) is 5.42. The van der Waals surface area contributed by atoms with Gasteiger partial charge in [0.15, 0.2) is 0 Å². The first-order valence-corrected chi connectivity index (χ1v) is 8.22. The Kier molecular flexibility index (Phi) is 6.26. The Morgan fingerprint density at radius 1 is 1.13 bits per heavy atom. The molecular weight excluding hydrogens is 292 g/mol. The summed E-state index contributed by atoms with van der Waals surface area (Å²) in [5.74, 6) is -0.0305. The standard InChI is InChI=1S/C17H26N4O2/c1-3-14(2)19-17(23)18-13-16(22)21-11-9-20(10-12-21)15-7-5-4-6-8-15/h4-8,14H,3,9-13H2,1-2H3,(H2,18,19,23)/t14-/m0/s1. The van der Waals surface area contributed by atoms with Crippen LogP contribution in [0.15, 0.2) is 30.3 Å². The van der Waals surface area contributed by atoms with Gasteiger partial charge in [0, 0.05) is 37.9 Å².